The van der Waals surface area contributed by atoms with Crippen LogP contribution in [0.5, 0.6) is 0 Å². The van der Waals surface area contributed by atoms with Crippen LogP contribution in [0.4, 0.5) is 0 Å². The minimum Gasteiger partial charge on any atom is -0.295 e. The highest BCUT2D eigenvalue weighted by molar-refractivity contribution is 7.89. The maximum Gasteiger partial charge on any atom is 0.243 e. The third kappa shape index (κ3) is 4.17. The molecule has 0 atom stereocenters. The van der Waals surface area contributed by atoms with E-state index in [0.29, 0.717) is 24.6 Å². The van der Waals surface area contributed by atoms with Crippen LogP contribution in [0, 0.1) is 5.92 Å². The van der Waals surface area contributed by atoms with Crippen LogP contribution in [0.3, 0.4) is 0 Å². The monoisotopic (exact) mass is 357 g/mol. The lowest BCUT2D eigenvalue weighted by atomic mass is 9.91. The summed E-state index contributed by atoms with van der Waals surface area (Å²) in [4.78, 5) is 11.6. The third-order valence-corrected chi connectivity index (χ3v) is 6.75. The Bertz CT molecular complexity index is 821. The van der Waals surface area contributed by atoms with Crippen molar-refractivity contribution in [2.24, 2.45) is 5.92 Å². The highest BCUT2D eigenvalue weighted by Crippen LogP contribution is 2.26. The van der Waals surface area contributed by atoms with E-state index in [4.69, 9.17) is 0 Å². The molecule has 5 heteroatoms. The fourth-order valence-electron chi connectivity index (χ4n) is 3.31. The summed E-state index contributed by atoms with van der Waals surface area (Å²) in [5.41, 5.74) is 1.84. The topological polar surface area (TPSA) is 54.5 Å². The Morgan fingerprint density at radius 3 is 2.16 bits per heavy atom. The number of carbonyl (C=O) groups excluding carboxylic acids is 1. The van der Waals surface area contributed by atoms with E-state index in [-0.39, 0.29) is 10.7 Å². The number of benzene rings is 2. The number of rotatable bonds is 5. The smallest absolute Gasteiger partial charge is 0.243 e. The summed E-state index contributed by atoms with van der Waals surface area (Å²) in [6.45, 7) is 2.57. The van der Waals surface area contributed by atoms with Crippen LogP contribution in [-0.2, 0) is 16.4 Å². The van der Waals surface area contributed by atoms with E-state index in [2.05, 4.69) is 12.1 Å². The minimum atomic E-state index is -3.48. The van der Waals surface area contributed by atoms with Gasteiger partial charge in [0.1, 0.15) is 0 Å². The zero-order valence-corrected chi connectivity index (χ0v) is 15.2. The first-order valence-corrected chi connectivity index (χ1v) is 10.1. The van der Waals surface area contributed by atoms with Crippen LogP contribution in [0.25, 0.3) is 0 Å². The quantitative estimate of drug-likeness (QED) is 0.769. The molecule has 132 valence electrons. The molecule has 1 aliphatic rings. The molecule has 0 aromatic heterocycles. The first-order chi connectivity index (χ1) is 12.0. The molecule has 1 aliphatic heterocycles. The van der Waals surface area contributed by atoms with Crippen LogP contribution in [0.2, 0.25) is 0 Å². The summed E-state index contributed by atoms with van der Waals surface area (Å²) in [7, 11) is -3.48. The van der Waals surface area contributed by atoms with Gasteiger partial charge in [-0.15, -0.1) is 0 Å². The van der Waals surface area contributed by atoms with Crippen LogP contribution < -0.4 is 0 Å². The zero-order valence-electron chi connectivity index (χ0n) is 14.4. The number of carbonyl (C=O) groups is 1. The second kappa shape index (κ2) is 7.50. The van der Waals surface area contributed by atoms with E-state index in [1.165, 1.54) is 24.6 Å². The molecule has 0 spiro atoms. The van der Waals surface area contributed by atoms with E-state index >= 15 is 0 Å². The first kappa shape index (κ1) is 17.8. The fourth-order valence-corrected chi connectivity index (χ4v) is 4.78. The summed E-state index contributed by atoms with van der Waals surface area (Å²) in [6.07, 6.45) is 2.75. The maximum atomic E-state index is 12.8. The van der Waals surface area contributed by atoms with Gasteiger partial charge in [0.25, 0.3) is 0 Å². The largest absolute Gasteiger partial charge is 0.295 e. The molecule has 0 unspecified atom stereocenters. The van der Waals surface area contributed by atoms with Gasteiger partial charge in [0.05, 0.1) is 4.90 Å². The standard InChI is InChI=1S/C20H23NO3S/c1-16(22)19-7-9-20(10-8-19)25(23,24)21-13-11-18(12-14-21)15-17-5-3-2-4-6-17/h2-10,18H,11-15H2,1H3. The molecular weight excluding hydrogens is 334 g/mol. The van der Waals surface area contributed by atoms with Gasteiger partial charge in [-0.1, -0.05) is 42.5 Å². The fraction of sp³-hybridized carbons (Fsp3) is 0.350. The van der Waals surface area contributed by atoms with Crippen molar-refractivity contribution in [2.45, 2.75) is 31.1 Å². The van der Waals surface area contributed by atoms with Crippen molar-refractivity contribution < 1.29 is 13.2 Å². The Morgan fingerprint density at radius 1 is 1.00 bits per heavy atom. The summed E-state index contributed by atoms with van der Waals surface area (Å²) in [5, 5.41) is 0. The summed E-state index contributed by atoms with van der Waals surface area (Å²) in [5.74, 6) is 0.458. The van der Waals surface area contributed by atoms with Gasteiger partial charge >= 0.3 is 0 Å². The second-order valence-corrected chi connectivity index (χ2v) is 8.56. The molecule has 1 heterocycles. The molecule has 0 amide bonds. The minimum absolute atomic E-state index is 0.0642. The molecule has 1 fully saturated rings. The average molecular weight is 357 g/mol. The van der Waals surface area contributed by atoms with E-state index in [1.54, 1.807) is 16.4 Å². The van der Waals surface area contributed by atoms with E-state index < -0.39 is 10.0 Å². The van der Waals surface area contributed by atoms with E-state index in [9.17, 15) is 13.2 Å². The second-order valence-electron chi connectivity index (χ2n) is 6.62. The van der Waals surface area contributed by atoms with Crippen molar-refractivity contribution in [3.63, 3.8) is 0 Å². The molecule has 25 heavy (non-hydrogen) atoms. The molecule has 0 saturated carbocycles. The van der Waals surface area contributed by atoms with Crippen molar-refractivity contribution in [2.75, 3.05) is 13.1 Å². The highest BCUT2D eigenvalue weighted by Gasteiger charge is 2.29. The molecule has 0 radical (unpaired) electrons. The van der Waals surface area contributed by atoms with E-state index in [1.807, 2.05) is 18.2 Å². The van der Waals surface area contributed by atoms with Gasteiger partial charge in [0, 0.05) is 18.7 Å². The number of Topliss-reactive ketones (excluding diaryl/α,β-unsaturated/α-hetero) is 1. The lowest BCUT2D eigenvalue weighted by Crippen LogP contribution is -2.38. The lowest BCUT2D eigenvalue weighted by Gasteiger charge is -2.31. The number of hydrogen-bond donors (Lipinski definition) is 0. The molecule has 0 N–H and O–H groups in total. The Hall–Kier alpha value is -1.98. The van der Waals surface area contributed by atoms with Gasteiger partial charge in [-0.3, -0.25) is 4.79 Å². The van der Waals surface area contributed by atoms with Crippen molar-refractivity contribution in [3.05, 3.63) is 65.7 Å². The number of piperidine rings is 1. The maximum absolute atomic E-state index is 12.8. The molecule has 1 saturated heterocycles. The van der Waals surface area contributed by atoms with Crippen LogP contribution in [0.1, 0.15) is 35.7 Å². The van der Waals surface area contributed by atoms with Crippen molar-refractivity contribution in [1.29, 1.82) is 0 Å². The third-order valence-electron chi connectivity index (χ3n) is 4.84. The number of sulfonamides is 1. The average Bonchev–Trinajstić information content (AvgIpc) is 2.63. The Balaban J connectivity index is 1.64. The molecule has 0 bridgehead atoms. The molecule has 2 aromatic carbocycles. The Labute approximate surface area is 149 Å². The van der Waals surface area contributed by atoms with E-state index in [0.717, 1.165) is 19.3 Å². The zero-order chi connectivity index (χ0) is 17.9. The summed E-state index contributed by atoms with van der Waals surface area (Å²) >= 11 is 0. The molecule has 0 aliphatic carbocycles. The highest BCUT2D eigenvalue weighted by atomic mass is 32.2. The van der Waals surface area contributed by atoms with Crippen molar-refractivity contribution in [1.82, 2.24) is 4.31 Å². The van der Waals surface area contributed by atoms with Gasteiger partial charge in [-0.25, -0.2) is 8.42 Å². The summed E-state index contributed by atoms with van der Waals surface area (Å²) in [6, 6.07) is 16.6. The molecule has 4 nitrogen and oxygen atoms in total. The normalized spacial score (nSPS) is 16.7. The van der Waals surface area contributed by atoms with Crippen molar-refractivity contribution >= 4 is 15.8 Å². The van der Waals surface area contributed by atoms with Gasteiger partial charge < -0.3 is 0 Å². The lowest BCUT2D eigenvalue weighted by molar-refractivity contribution is 0.101. The van der Waals surface area contributed by atoms with Gasteiger partial charge in [-0.05, 0) is 49.8 Å². The molecular formula is C20H23NO3S. The Kier molecular flexibility index (Phi) is 5.35. The summed E-state index contributed by atoms with van der Waals surface area (Å²) < 4.78 is 27.1. The number of hydrogen-bond acceptors (Lipinski definition) is 3. The number of nitrogens with zero attached hydrogens (tertiary/aromatic N) is 1. The molecule has 2 aromatic rings. The number of ketones is 1. The first-order valence-electron chi connectivity index (χ1n) is 8.62. The van der Waals surface area contributed by atoms with Crippen molar-refractivity contribution in [3.8, 4) is 0 Å². The van der Waals surface area contributed by atoms with Crippen LogP contribution in [0.15, 0.2) is 59.5 Å². The predicted molar refractivity (Wildman–Crippen MR) is 98.1 cm³/mol. The SMILES string of the molecule is CC(=O)c1ccc(S(=O)(=O)N2CCC(Cc3ccccc3)CC2)cc1. The predicted octanol–water partition coefficient (Wildman–Crippen LogP) is 3.53. The van der Waals surface area contributed by atoms with Gasteiger partial charge in [0.2, 0.25) is 10.0 Å². The van der Waals surface area contributed by atoms with Crippen LogP contribution in [-0.4, -0.2) is 31.6 Å². The van der Waals surface area contributed by atoms with Gasteiger partial charge in [-0.2, -0.15) is 4.31 Å². The van der Waals surface area contributed by atoms with Gasteiger partial charge in [0.15, 0.2) is 5.78 Å². The molecule has 3 rings (SSSR count). The van der Waals surface area contributed by atoms with Crippen LogP contribution >= 0.6 is 0 Å². The Morgan fingerprint density at radius 2 is 1.60 bits per heavy atom.